The fourth-order valence-corrected chi connectivity index (χ4v) is 3.00. The summed E-state index contributed by atoms with van der Waals surface area (Å²) in [4.78, 5) is 20.4. The minimum atomic E-state index is -0.948. The zero-order valence-electron chi connectivity index (χ0n) is 9.72. The summed E-state index contributed by atoms with van der Waals surface area (Å²) < 4.78 is 0. The summed E-state index contributed by atoms with van der Waals surface area (Å²) in [5.41, 5.74) is 1.86. The second-order valence-corrected chi connectivity index (χ2v) is 5.15. The van der Waals surface area contributed by atoms with Gasteiger partial charge in [0.15, 0.2) is 5.13 Å². The van der Waals surface area contributed by atoms with E-state index >= 15 is 0 Å². The van der Waals surface area contributed by atoms with Crippen LogP contribution in [-0.2, 0) is 0 Å². The predicted octanol–water partition coefficient (Wildman–Crippen LogP) is 2.44. The van der Waals surface area contributed by atoms with Gasteiger partial charge in [0.25, 0.3) is 0 Å². The van der Waals surface area contributed by atoms with Gasteiger partial charge in [-0.25, -0.2) is 9.78 Å². The average Bonchev–Trinajstić information content (AvgIpc) is 3.10. The Labute approximate surface area is 108 Å². The van der Waals surface area contributed by atoms with Crippen molar-refractivity contribution in [3.8, 4) is 11.3 Å². The molecule has 2 aromatic rings. The summed E-state index contributed by atoms with van der Waals surface area (Å²) in [5, 5.41) is 11.9. The molecule has 1 aliphatic rings. The Morgan fingerprint density at radius 3 is 2.89 bits per heavy atom. The highest BCUT2D eigenvalue weighted by molar-refractivity contribution is 7.14. The lowest BCUT2D eigenvalue weighted by Gasteiger charge is -2.12. The number of carboxylic acid groups (broad SMARTS) is 1. The van der Waals surface area contributed by atoms with Crippen LogP contribution in [0.5, 0.6) is 0 Å². The maximum absolute atomic E-state index is 10.8. The van der Waals surface area contributed by atoms with Crippen LogP contribution in [0.15, 0.2) is 17.6 Å². The molecular formula is C12H13N3O2S. The number of aromatic amines is 1. The topological polar surface area (TPSA) is 69.2 Å². The number of carbonyl (C=O) groups is 1. The molecule has 18 heavy (non-hydrogen) atoms. The number of H-pyrrole nitrogens is 1. The van der Waals surface area contributed by atoms with Crippen LogP contribution in [-0.4, -0.2) is 34.1 Å². The Hall–Kier alpha value is -1.82. The Balaban J connectivity index is 1.85. The van der Waals surface area contributed by atoms with Crippen molar-refractivity contribution in [3.05, 3.63) is 23.3 Å². The lowest BCUT2D eigenvalue weighted by molar-refractivity contribution is 0.0691. The number of aromatic nitrogens is 2. The molecule has 0 saturated carbocycles. The molecule has 6 heteroatoms. The van der Waals surface area contributed by atoms with Gasteiger partial charge in [0.1, 0.15) is 5.69 Å². The highest BCUT2D eigenvalue weighted by Crippen LogP contribution is 2.29. The molecule has 0 unspecified atom stereocenters. The van der Waals surface area contributed by atoms with Gasteiger partial charge < -0.3 is 15.0 Å². The molecule has 2 N–H and O–H groups in total. The molecule has 94 valence electrons. The first-order valence-corrected chi connectivity index (χ1v) is 6.74. The first-order valence-electron chi connectivity index (χ1n) is 5.86. The van der Waals surface area contributed by atoms with Crippen molar-refractivity contribution in [2.45, 2.75) is 12.8 Å². The van der Waals surface area contributed by atoms with Gasteiger partial charge in [-0.1, -0.05) is 0 Å². The third-order valence-electron chi connectivity index (χ3n) is 3.08. The first-order chi connectivity index (χ1) is 8.74. The minimum absolute atomic E-state index is 0.195. The Bertz CT molecular complexity index is 569. The summed E-state index contributed by atoms with van der Waals surface area (Å²) in [6.07, 6.45) is 4.14. The minimum Gasteiger partial charge on any atom is -0.477 e. The molecule has 2 aromatic heterocycles. The monoisotopic (exact) mass is 263 g/mol. The number of thiazole rings is 1. The first kappa shape index (κ1) is 11.3. The van der Waals surface area contributed by atoms with Crippen LogP contribution < -0.4 is 4.90 Å². The van der Waals surface area contributed by atoms with Gasteiger partial charge in [-0.3, -0.25) is 0 Å². The van der Waals surface area contributed by atoms with Crippen molar-refractivity contribution in [1.29, 1.82) is 0 Å². The van der Waals surface area contributed by atoms with Crippen molar-refractivity contribution < 1.29 is 9.90 Å². The zero-order valence-corrected chi connectivity index (χ0v) is 10.5. The molecule has 0 radical (unpaired) electrons. The molecular weight excluding hydrogens is 250 g/mol. The third-order valence-corrected chi connectivity index (χ3v) is 3.98. The van der Waals surface area contributed by atoms with Crippen LogP contribution in [0.25, 0.3) is 11.3 Å². The van der Waals surface area contributed by atoms with E-state index < -0.39 is 5.97 Å². The fourth-order valence-electron chi connectivity index (χ4n) is 2.12. The van der Waals surface area contributed by atoms with Gasteiger partial charge in [-0.15, -0.1) is 11.3 Å². The number of hydrogen-bond acceptors (Lipinski definition) is 4. The maximum Gasteiger partial charge on any atom is 0.352 e. The van der Waals surface area contributed by atoms with Crippen molar-refractivity contribution >= 4 is 22.4 Å². The Morgan fingerprint density at radius 1 is 1.44 bits per heavy atom. The summed E-state index contributed by atoms with van der Waals surface area (Å²) >= 11 is 1.61. The molecule has 1 saturated heterocycles. The smallest absolute Gasteiger partial charge is 0.352 e. The molecule has 0 aromatic carbocycles. The molecule has 1 aliphatic heterocycles. The summed E-state index contributed by atoms with van der Waals surface area (Å²) in [6, 6.07) is 1.62. The molecule has 0 aliphatic carbocycles. The van der Waals surface area contributed by atoms with Crippen LogP contribution in [0, 0.1) is 0 Å². The van der Waals surface area contributed by atoms with Crippen molar-refractivity contribution in [2.24, 2.45) is 0 Å². The predicted molar refractivity (Wildman–Crippen MR) is 70.3 cm³/mol. The molecule has 0 spiro atoms. The van der Waals surface area contributed by atoms with Crippen molar-refractivity contribution in [1.82, 2.24) is 9.97 Å². The molecule has 1 fully saturated rings. The summed E-state index contributed by atoms with van der Waals surface area (Å²) in [5.74, 6) is -0.948. The van der Waals surface area contributed by atoms with Crippen LogP contribution >= 0.6 is 11.3 Å². The van der Waals surface area contributed by atoms with Crippen LogP contribution in [0.1, 0.15) is 23.3 Å². The second-order valence-electron chi connectivity index (χ2n) is 4.32. The molecule has 0 bridgehead atoms. The number of nitrogens with zero attached hydrogens (tertiary/aromatic N) is 2. The SMILES string of the molecule is O=C(O)c1cc(-c2csc(N3CCCC3)n2)c[nH]1. The highest BCUT2D eigenvalue weighted by atomic mass is 32.1. The lowest BCUT2D eigenvalue weighted by Crippen LogP contribution is -2.16. The molecule has 3 rings (SSSR count). The zero-order chi connectivity index (χ0) is 12.5. The molecule has 3 heterocycles. The van der Waals surface area contributed by atoms with Crippen molar-refractivity contribution in [3.63, 3.8) is 0 Å². The van der Waals surface area contributed by atoms with E-state index in [0.29, 0.717) is 0 Å². The van der Waals surface area contributed by atoms with Crippen molar-refractivity contribution in [2.75, 3.05) is 18.0 Å². The second kappa shape index (κ2) is 4.45. The Kier molecular flexibility index (Phi) is 2.79. The molecule has 0 amide bonds. The third kappa shape index (κ3) is 1.99. The van der Waals surface area contributed by atoms with E-state index in [1.54, 1.807) is 23.6 Å². The number of hydrogen-bond donors (Lipinski definition) is 2. The van der Waals surface area contributed by atoms with E-state index in [4.69, 9.17) is 5.11 Å². The normalized spacial score (nSPS) is 15.2. The summed E-state index contributed by atoms with van der Waals surface area (Å²) in [7, 11) is 0. The number of carboxylic acids is 1. The van der Waals surface area contributed by atoms with Gasteiger partial charge in [0.05, 0.1) is 5.69 Å². The lowest BCUT2D eigenvalue weighted by atomic mass is 10.2. The quantitative estimate of drug-likeness (QED) is 0.892. The van der Waals surface area contributed by atoms with Gasteiger partial charge in [0, 0.05) is 30.2 Å². The molecule has 0 atom stereocenters. The van der Waals surface area contributed by atoms with Crippen LogP contribution in [0.4, 0.5) is 5.13 Å². The van der Waals surface area contributed by atoms with E-state index in [1.165, 1.54) is 12.8 Å². The van der Waals surface area contributed by atoms with E-state index in [0.717, 1.165) is 29.5 Å². The van der Waals surface area contributed by atoms with Gasteiger partial charge in [0.2, 0.25) is 0 Å². The van der Waals surface area contributed by atoms with Gasteiger partial charge >= 0.3 is 5.97 Å². The molecule has 5 nitrogen and oxygen atoms in total. The fraction of sp³-hybridized carbons (Fsp3) is 0.333. The largest absolute Gasteiger partial charge is 0.477 e. The van der Waals surface area contributed by atoms with E-state index in [1.807, 2.05) is 5.38 Å². The number of anilines is 1. The average molecular weight is 263 g/mol. The van der Waals surface area contributed by atoms with Crippen LogP contribution in [0.2, 0.25) is 0 Å². The number of rotatable bonds is 3. The van der Waals surface area contributed by atoms with Crippen LogP contribution in [0.3, 0.4) is 0 Å². The standard InChI is InChI=1S/C12H13N3O2S/c16-11(17)9-5-8(6-13-9)10-7-18-12(14-10)15-3-1-2-4-15/h5-7,13H,1-4H2,(H,16,17). The van der Waals surface area contributed by atoms with E-state index in [-0.39, 0.29) is 5.69 Å². The Morgan fingerprint density at radius 2 is 2.22 bits per heavy atom. The van der Waals surface area contributed by atoms with E-state index in [9.17, 15) is 4.79 Å². The maximum atomic E-state index is 10.8. The van der Waals surface area contributed by atoms with Gasteiger partial charge in [-0.05, 0) is 18.9 Å². The highest BCUT2D eigenvalue weighted by Gasteiger charge is 2.17. The summed E-state index contributed by atoms with van der Waals surface area (Å²) in [6.45, 7) is 2.14. The van der Waals surface area contributed by atoms with E-state index in [2.05, 4.69) is 14.9 Å². The number of nitrogens with one attached hydrogen (secondary N) is 1. The number of aromatic carboxylic acids is 1. The van der Waals surface area contributed by atoms with Gasteiger partial charge in [-0.2, -0.15) is 0 Å².